The number of carbonyl (C=O) groups is 1. The molecule has 18 heavy (non-hydrogen) atoms. The van der Waals surface area contributed by atoms with Crippen LogP contribution in [0.4, 0.5) is 5.82 Å². The van der Waals surface area contributed by atoms with Gasteiger partial charge in [-0.2, -0.15) is 0 Å². The topological polar surface area (TPSA) is 67.3 Å². The highest BCUT2D eigenvalue weighted by Gasteiger charge is 2.18. The Labute approximate surface area is 107 Å². The van der Waals surface area contributed by atoms with Gasteiger partial charge in [-0.3, -0.25) is 4.79 Å². The van der Waals surface area contributed by atoms with E-state index in [1.54, 1.807) is 33.3 Å². The molecule has 0 saturated carbocycles. The van der Waals surface area contributed by atoms with Crippen LogP contribution in [-0.2, 0) is 4.74 Å². The van der Waals surface area contributed by atoms with E-state index >= 15 is 0 Å². The highest BCUT2D eigenvalue weighted by Crippen LogP contribution is 2.12. The zero-order valence-electron chi connectivity index (χ0n) is 11.5. The first-order valence-corrected chi connectivity index (χ1v) is 5.68. The summed E-state index contributed by atoms with van der Waals surface area (Å²) >= 11 is 0. The van der Waals surface area contributed by atoms with Gasteiger partial charge in [0.2, 0.25) is 0 Å². The van der Waals surface area contributed by atoms with Crippen molar-refractivity contribution in [2.24, 2.45) is 0 Å². The molecule has 100 valence electrons. The third-order valence-electron chi connectivity index (χ3n) is 2.26. The molecule has 1 heterocycles. The van der Waals surface area contributed by atoms with Gasteiger partial charge in [0, 0.05) is 21.2 Å². The van der Waals surface area contributed by atoms with E-state index in [1.807, 2.05) is 13.8 Å². The summed E-state index contributed by atoms with van der Waals surface area (Å²) in [6.45, 7) is 4.54. The van der Waals surface area contributed by atoms with Gasteiger partial charge in [0.25, 0.3) is 5.91 Å². The lowest BCUT2D eigenvalue weighted by Crippen LogP contribution is -2.36. The van der Waals surface area contributed by atoms with Crippen LogP contribution in [0.3, 0.4) is 0 Å². The summed E-state index contributed by atoms with van der Waals surface area (Å²) in [5, 5.41) is 11.1. The fourth-order valence-electron chi connectivity index (χ4n) is 1.49. The molecule has 1 N–H and O–H groups in total. The van der Waals surface area contributed by atoms with Gasteiger partial charge in [-0.25, -0.2) is 0 Å². The Morgan fingerprint density at radius 2 is 2.06 bits per heavy atom. The summed E-state index contributed by atoms with van der Waals surface area (Å²) in [5.74, 6) is 0.456. The molecule has 1 rings (SSSR count). The number of hydrogen-bond donors (Lipinski definition) is 1. The molecule has 0 spiro atoms. The average Bonchev–Trinajstić information content (AvgIpc) is 2.28. The number of nitrogens with one attached hydrogen (secondary N) is 1. The smallest absolute Gasteiger partial charge is 0.273 e. The number of ether oxygens (including phenoxy) is 1. The molecule has 0 aliphatic heterocycles. The SMILES string of the molecule is COCC(C)(C)Nc1ccc(C(=O)N(C)C)nn1. The van der Waals surface area contributed by atoms with Crippen molar-refractivity contribution in [2.45, 2.75) is 19.4 Å². The fraction of sp³-hybridized carbons (Fsp3) is 0.583. The first kappa shape index (κ1) is 14.4. The maximum absolute atomic E-state index is 11.6. The van der Waals surface area contributed by atoms with Crippen molar-refractivity contribution >= 4 is 11.7 Å². The molecular formula is C12H20N4O2. The van der Waals surface area contributed by atoms with Gasteiger partial charge in [0.15, 0.2) is 5.69 Å². The van der Waals surface area contributed by atoms with E-state index in [-0.39, 0.29) is 11.4 Å². The van der Waals surface area contributed by atoms with E-state index in [1.165, 1.54) is 4.90 Å². The van der Waals surface area contributed by atoms with Crippen LogP contribution in [0.2, 0.25) is 0 Å². The number of nitrogens with zero attached hydrogens (tertiary/aromatic N) is 3. The van der Waals surface area contributed by atoms with Gasteiger partial charge in [0.05, 0.1) is 12.1 Å². The van der Waals surface area contributed by atoms with Gasteiger partial charge < -0.3 is 15.0 Å². The van der Waals surface area contributed by atoms with E-state index in [2.05, 4.69) is 15.5 Å². The summed E-state index contributed by atoms with van der Waals surface area (Å²) < 4.78 is 5.10. The van der Waals surface area contributed by atoms with E-state index in [4.69, 9.17) is 4.74 Å². The molecule has 0 aromatic carbocycles. The van der Waals surface area contributed by atoms with Crippen molar-refractivity contribution in [3.05, 3.63) is 17.8 Å². The molecule has 6 heteroatoms. The summed E-state index contributed by atoms with van der Waals surface area (Å²) in [5.41, 5.74) is 0.0892. The van der Waals surface area contributed by atoms with Crippen molar-refractivity contribution in [1.29, 1.82) is 0 Å². The summed E-state index contributed by atoms with van der Waals surface area (Å²) in [4.78, 5) is 13.1. The lowest BCUT2D eigenvalue weighted by molar-refractivity contribution is 0.0821. The number of aromatic nitrogens is 2. The molecule has 0 aliphatic rings. The molecule has 1 amide bonds. The van der Waals surface area contributed by atoms with Crippen LogP contribution in [0.5, 0.6) is 0 Å². The first-order valence-electron chi connectivity index (χ1n) is 5.68. The number of anilines is 1. The van der Waals surface area contributed by atoms with Crippen LogP contribution in [0, 0.1) is 0 Å². The second kappa shape index (κ2) is 5.77. The van der Waals surface area contributed by atoms with Crippen molar-refractivity contribution < 1.29 is 9.53 Å². The van der Waals surface area contributed by atoms with Crippen LogP contribution in [-0.4, -0.2) is 54.4 Å². The van der Waals surface area contributed by atoms with Crippen molar-refractivity contribution in [1.82, 2.24) is 15.1 Å². The fourth-order valence-corrected chi connectivity index (χ4v) is 1.49. The lowest BCUT2D eigenvalue weighted by atomic mass is 10.1. The first-order chi connectivity index (χ1) is 8.35. The Bertz CT molecular complexity index is 401. The molecule has 0 fully saturated rings. The van der Waals surface area contributed by atoms with Crippen molar-refractivity contribution in [3.63, 3.8) is 0 Å². The molecule has 0 bridgehead atoms. The molecule has 0 aliphatic carbocycles. The Morgan fingerprint density at radius 1 is 1.39 bits per heavy atom. The average molecular weight is 252 g/mol. The summed E-state index contributed by atoms with van der Waals surface area (Å²) in [6, 6.07) is 3.39. The number of hydrogen-bond acceptors (Lipinski definition) is 5. The number of carbonyl (C=O) groups excluding carboxylic acids is 1. The molecular weight excluding hydrogens is 232 g/mol. The minimum absolute atomic E-state index is 0.162. The Kier molecular flexibility index (Phi) is 4.61. The Hall–Kier alpha value is -1.69. The van der Waals surface area contributed by atoms with Gasteiger partial charge >= 0.3 is 0 Å². The van der Waals surface area contributed by atoms with Crippen LogP contribution >= 0.6 is 0 Å². The molecule has 6 nitrogen and oxygen atoms in total. The molecule has 1 aromatic heterocycles. The van der Waals surface area contributed by atoms with E-state index < -0.39 is 0 Å². The second-order valence-corrected chi connectivity index (χ2v) is 4.95. The molecule has 0 unspecified atom stereocenters. The van der Waals surface area contributed by atoms with Gasteiger partial charge in [0.1, 0.15) is 5.82 Å². The maximum atomic E-state index is 11.6. The lowest BCUT2D eigenvalue weighted by Gasteiger charge is -2.25. The Balaban J connectivity index is 2.75. The maximum Gasteiger partial charge on any atom is 0.273 e. The molecule has 1 aromatic rings. The van der Waals surface area contributed by atoms with Crippen LogP contribution in [0.25, 0.3) is 0 Å². The third kappa shape index (κ3) is 3.96. The van der Waals surface area contributed by atoms with Crippen LogP contribution in [0.1, 0.15) is 24.3 Å². The highest BCUT2D eigenvalue weighted by molar-refractivity contribution is 5.91. The third-order valence-corrected chi connectivity index (χ3v) is 2.26. The number of amides is 1. The van der Waals surface area contributed by atoms with Crippen LogP contribution in [0.15, 0.2) is 12.1 Å². The van der Waals surface area contributed by atoms with E-state index in [0.29, 0.717) is 18.1 Å². The number of methoxy groups -OCH3 is 1. The van der Waals surface area contributed by atoms with Gasteiger partial charge in [-0.05, 0) is 26.0 Å². The standard InChI is InChI=1S/C12H20N4O2/c1-12(2,8-18-5)13-10-7-6-9(14-15-10)11(17)16(3)4/h6-7H,8H2,1-5H3,(H,13,15). The number of rotatable bonds is 5. The molecule has 0 atom stereocenters. The molecule has 0 radical (unpaired) electrons. The zero-order chi connectivity index (χ0) is 13.8. The summed E-state index contributed by atoms with van der Waals surface area (Å²) in [7, 11) is 5.00. The van der Waals surface area contributed by atoms with Crippen LogP contribution < -0.4 is 5.32 Å². The van der Waals surface area contributed by atoms with Crippen molar-refractivity contribution in [2.75, 3.05) is 33.1 Å². The van der Waals surface area contributed by atoms with E-state index in [9.17, 15) is 4.79 Å². The quantitative estimate of drug-likeness (QED) is 0.847. The molecule has 0 saturated heterocycles. The predicted molar refractivity (Wildman–Crippen MR) is 69.6 cm³/mol. The minimum atomic E-state index is -0.240. The summed E-state index contributed by atoms with van der Waals surface area (Å²) in [6.07, 6.45) is 0. The van der Waals surface area contributed by atoms with E-state index in [0.717, 1.165) is 0 Å². The van der Waals surface area contributed by atoms with Gasteiger partial charge in [-0.1, -0.05) is 0 Å². The second-order valence-electron chi connectivity index (χ2n) is 4.95. The van der Waals surface area contributed by atoms with Gasteiger partial charge in [-0.15, -0.1) is 10.2 Å². The Morgan fingerprint density at radius 3 is 2.50 bits per heavy atom. The van der Waals surface area contributed by atoms with Crippen molar-refractivity contribution in [3.8, 4) is 0 Å². The normalized spacial score (nSPS) is 11.2. The predicted octanol–water partition coefficient (Wildman–Crippen LogP) is 1.02. The minimum Gasteiger partial charge on any atom is -0.382 e. The largest absolute Gasteiger partial charge is 0.382 e. The zero-order valence-corrected chi connectivity index (χ0v) is 11.5. The highest BCUT2D eigenvalue weighted by atomic mass is 16.5. The monoisotopic (exact) mass is 252 g/mol.